The lowest BCUT2D eigenvalue weighted by Gasteiger charge is -1.93. The van der Waals surface area contributed by atoms with Crippen LogP contribution in [0.25, 0.3) is 15.9 Å². The van der Waals surface area contributed by atoms with Gasteiger partial charge in [0.2, 0.25) is 0 Å². The predicted octanol–water partition coefficient (Wildman–Crippen LogP) is 2.24. The molecule has 0 atom stereocenters. The summed E-state index contributed by atoms with van der Waals surface area (Å²) in [5.41, 5.74) is 0.819. The molecular weight excluding hydrogens is 284 g/mol. The maximum atomic E-state index is 5.83. The van der Waals surface area contributed by atoms with Gasteiger partial charge in [-0.15, -0.1) is 16.4 Å². The molecule has 4 rings (SSSR count). The van der Waals surface area contributed by atoms with Crippen LogP contribution in [0.1, 0.15) is 5.82 Å². The van der Waals surface area contributed by atoms with Crippen molar-refractivity contribution in [3.63, 3.8) is 0 Å². The highest BCUT2D eigenvalue weighted by Gasteiger charge is 2.09. The van der Waals surface area contributed by atoms with Gasteiger partial charge in [0, 0.05) is 6.20 Å². The molecule has 0 aliphatic carbocycles. The van der Waals surface area contributed by atoms with Crippen LogP contribution in [0, 0.1) is 0 Å². The van der Waals surface area contributed by atoms with Crippen molar-refractivity contribution in [1.82, 2.24) is 29.4 Å². The zero-order valence-electron chi connectivity index (χ0n) is 9.56. The molecule has 0 aliphatic heterocycles. The second-order valence-electron chi connectivity index (χ2n) is 4.04. The van der Waals surface area contributed by atoms with Crippen LogP contribution in [0.2, 0.25) is 5.02 Å². The number of fused-ring (bicyclic) bond motifs is 3. The number of nitrogens with zero attached hydrogens (tertiary/aromatic N) is 6. The van der Waals surface area contributed by atoms with Gasteiger partial charge in [-0.1, -0.05) is 11.6 Å². The van der Waals surface area contributed by atoms with Crippen LogP contribution in [-0.2, 0) is 6.54 Å². The Morgan fingerprint density at radius 2 is 2.32 bits per heavy atom. The normalized spacial score (nSPS) is 11.6. The van der Waals surface area contributed by atoms with E-state index in [1.807, 2.05) is 11.4 Å². The van der Waals surface area contributed by atoms with Gasteiger partial charge in [0.1, 0.15) is 17.7 Å². The van der Waals surface area contributed by atoms with Crippen molar-refractivity contribution in [2.75, 3.05) is 0 Å². The molecule has 0 N–H and O–H groups in total. The summed E-state index contributed by atoms with van der Waals surface area (Å²) in [5.74, 6) is 0.681. The van der Waals surface area contributed by atoms with E-state index in [1.165, 1.54) is 0 Å². The Morgan fingerprint density at radius 1 is 1.37 bits per heavy atom. The van der Waals surface area contributed by atoms with Crippen LogP contribution in [0.4, 0.5) is 0 Å². The Labute approximate surface area is 116 Å². The van der Waals surface area contributed by atoms with E-state index in [2.05, 4.69) is 20.2 Å². The Hall–Kier alpha value is -1.99. The van der Waals surface area contributed by atoms with Crippen molar-refractivity contribution in [2.24, 2.45) is 0 Å². The first-order valence-electron chi connectivity index (χ1n) is 5.55. The Bertz CT molecular complexity index is 876. The lowest BCUT2D eigenvalue weighted by atomic mass is 10.4. The minimum Gasteiger partial charge on any atom is -0.263 e. The summed E-state index contributed by atoms with van der Waals surface area (Å²) in [6.45, 7) is 0.486. The molecule has 0 unspecified atom stereocenters. The summed E-state index contributed by atoms with van der Waals surface area (Å²) in [6, 6.07) is 2.01. The molecule has 94 valence electrons. The van der Waals surface area contributed by atoms with Crippen molar-refractivity contribution < 1.29 is 0 Å². The first-order valence-corrected chi connectivity index (χ1v) is 6.81. The molecule has 0 amide bonds. The molecule has 4 aromatic rings. The lowest BCUT2D eigenvalue weighted by Crippen LogP contribution is -2.01. The summed E-state index contributed by atoms with van der Waals surface area (Å²) in [4.78, 5) is 9.83. The predicted molar refractivity (Wildman–Crippen MR) is 72.5 cm³/mol. The number of hydrogen-bond donors (Lipinski definition) is 0. The minimum absolute atomic E-state index is 0.486. The molecule has 0 aliphatic rings. The van der Waals surface area contributed by atoms with Gasteiger partial charge in [0.15, 0.2) is 11.5 Å². The van der Waals surface area contributed by atoms with E-state index in [1.54, 1.807) is 39.3 Å². The first-order chi connectivity index (χ1) is 9.29. The molecule has 8 heteroatoms. The molecule has 4 heterocycles. The molecule has 0 saturated carbocycles. The summed E-state index contributed by atoms with van der Waals surface area (Å²) in [7, 11) is 0. The van der Waals surface area contributed by atoms with Gasteiger partial charge in [-0.25, -0.2) is 14.5 Å². The third-order valence-electron chi connectivity index (χ3n) is 2.75. The zero-order chi connectivity index (χ0) is 12.8. The SMILES string of the molecule is Clc1cnn(Cc2nc3c4ccsc4ncn3n2)c1. The maximum absolute atomic E-state index is 5.83. The molecule has 0 radical (unpaired) electrons. The molecule has 4 aromatic heterocycles. The van der Waals surface area contributed by atoms with Crippen LogP contribution in [0.5, 0.6) is 0 Å². The highest BCUT2D eigenvalue weighted by molar-refractivity contribution is 7.16. The fourth-order valence-electron chi connectivity index (χ4n) is 1.95. The van der Waals surface area contributed by atoms with Crippen molar-refractivity contribution in [1.29, 1.82) is 0 Å². The van der Waals surface area contributed by atoms with Crippen molar-refractivity contribution in [3.05, 3.63) is 41.0 Å². The second kappa shape index (κ2) is 4.01. The smallest absolute Gasteiger partial charge is 0.173 e. The van der Waals surface area contributed by atoms with Gasteiger partial charge in [-0.2, -0.15) is 5.10 Å². The highest BCUT2D eigenvalue weighted by Crippen LogP contribution is 2.21. The van der Waals surface area contributed by atoms with Crippen LogP contribution >= 0.6 is 22.9 Å². The number of thiophene rings is 1. The number of aromatic nitrogens is 6. The minimum atomic E-state index is 0.486. The van der Waals surface area contributed by atoms with Gasteiger partial charge in [0.25, 0.3) is 0 Å². The van der Waals surface area contributed by atoms with E-state index in [9.17, 15) is 0 Å². The van der Waals surface area contributed by atoms with E-state index in [-0.39, 0.29) is 0 Å². The van der Waals surface area contributed by atoms with Crippen LogP contribution < -0.4 is 0 Å². The van der Waals surface area contributed by atoms with E-state index in [0.717, 1.165) is 15.9 Å². The third kappa shape index (κ3) is 1.78. The van der Waals surface area contributed by atoms with Crippen molar-refractivity contribution >= 4 is 38.8 Å². The van der Waals surface area contributed by atoms with Crippen LogP contribution in [0.15, 0.2) is 30.2 Å². The molecule has 0 fully saturated rings. The fraction of sp³-hybridized carbons (Fsp3) is 0.0909. The topological polar surface area (TPSA) is 60.9 Å². The summed E-state index contributed by atoms with van der Waals surface area (Å²) in [6.07, 6.45) is 5.02. The number of hydrogen-bond acceptors (Lipinski definition) is 5. The molecule has 0 aromatic carbocycles. The molecule has 0 spiro atoms. The summed E-state index contributed by atoms with van der Waals surface area (Å²) >= 11 is 7.42. The first kappa shape index (κ1) is 10.9. The highest BCUT2D eigenvalue weighted by atomic mass is 35.5. The maximum Gasteiger partial charge on any atom is 0.173 e. The third-order valence-corrected chi connectivity index (χ3v) is 3.77. The largest absolute Gasteiger partial charge is 0.263 e. The molecule has 19 heavy (non-hydrogen) atoms. The molecule has 0 saturated heterocycles. The summed E-state index contributed by atoms with van der Waals surface area (Å²) < 4.78 is 3.39. The lowest BCUT2D eigenvalue weighted by molar-refractivity contribution is 0.653. The van der Waals surface area contributed by atoms with Crippen molar-refractivity contribution in [3.8, 4) is 0 Å². The van der Waals surface area contributed by atoms with Gasteiger partial charge >= 0.3 is 0 Å². The van der Waals surface area contributed by atoms with E-state index in [0.29, 0.717) is 17.4 Å². The Balaban J connectivity index is 1.82. The van der Waals surface area contributed by atoms with Gasteiger partial charge in [-0.3, -0.25) is 4.68 Å². The second-order valence-corrected chi connectivity index (χ2v) is 5.37. The zero-order valence-corrected chi connectivity index (χ0v) is 11.1. The standard InChI is InChI=1S/C11H7ClN6S/c12-7-3-14-17(4-7)5-9-15-10-8-1-2-19-11(8)13-6-18(10)16-9/h1-4,6H,5H2. The van der Waals surface area contributed by atoms with E-state index in [4.69, 9.17) is 11.6 Å². The van der Waals surface area contributed by atoms with E-state index >= 15 is 0 Å². The molecular formula is C11H7ClN6S. The number of halogens is 1. The molecule has 0 bridgehead atoms. The molecule has 6 nitrogen and oxygen atoms in total. The monoisotopic (exact) mass is 290 g/mol. The average Bonchev–Trinajstić information content (AvgIpc) is 3.07. The fourth-order valence-corrected chi connectivity index (χ4v) is 2.83. The van der Waals surface area contributed by atoms with Crippen molar-refractivity contribution in [2.45, 2.75) is 6.54 Å². The van der Waals surface area contributed by atoms with E-state index < -0.39 is 0 Å². The van der Waals surface area contributed by atoms with Crippen LogP contribution in [0.3, 0.4) is 0 Å². The Morgan fingerprint density at radius 3 is 3.16 bits per heavy atom. The van der Waals surface area contributed by atoms with Gasteiger partial charge in [0.05, 0.1) is 16.6 Å². The van der Waals surface area contributed by atoms with Gasteiger partial charge in [-0.05, 0) is 11.4 Å². The number of rotatable bonds is 2. The summed E-state index contributed by atoms with van der Waals surface area (Å²) in [5, 5.41) is 12.1. The Kier molecular flexibility index (Phi) is 2.30. The quantitative estimate of drug-likeness (QED) is 0.568. The van der Waals surface area contributed by atoms with Gasteiger partial charge < -0.3 is 0 Å². The average molecular weight is 291 g/mol. The van der Waals surface area contributed by atoms with Crippen LogP contribution in [-0.4, -0.2) is 29.4 Å².